The molecule has 1 aromatic rings. The van der Waals surface area contributed by atoms with Gasteiger partial charge in [0.1, 0.15) is 0 Å². The van der Waals surface area contributed by atoms with E-state index >= 15 is 0 Å². The number of methoxy groups -OCH3 is 1. The number of carbonyl (C=O) groups is 1. The first kappa shape index (κ1) is 14.7. The fraction of sp³-hybridized carbons (Fsp3) is 0.154. The predicted octanol–water partition coefficient (Wildman–Crippen LogP) is 2.95. The summed E-state index contributed by atoms with van der Waals surface area (Å²) in [6, 6.07) is 4.48. The summed E-state index contributed by atoms with van der Waals surface area (Å²) in [5.74, 6) is -0.957. The van der Waals surface area contributed by atoms with Gasteiger partial charge in [0.25, 0.3) is 0 Å². The molecule has 0 spiro atoms. The van der Waals surface area contributed by atoms with Gasteiger partial charge in [0.05, 0.1) is 7.11 Å². The Morgan fingerprint density at radius 1 is 1.32 bits per heavy atom. The van der Waals surface area contributed by atoms with Crippen LogP contribution in [0.5, 0.6) is 11.5 Å². The Hall–Kier alpha value is -2.37. The highest BCUT2D eigenvalue weighted by molar-refractivity contribution is 5.80. The van der Waals surface area contributed by atoms with E-state index in [-0.39, 0.29) is 11.5 Å². The van der Waals surface area contributed by atoms with Crippen LogP contribution < -0.4 is 9.47 Å². The van der Waals surface area contributed by atoms with E-state index in [9.17, 15) is 13.6 Å². The average molecular weight is 270 g/mol. The third-order valence-electron chi connectivity index (χ3n) is 2.04. The van der Waals surface area contributed by atoms with Crippen molar-refractivity contribution in [1.82, 2.24) is 0 Å². The van der Waals surface area contributed by atoms with Crippen LogP contribution in [0.25, 0.3) is 6.08 Å². The monoisotopic (exact) mass is 270 g/mol. The van der Waals surface area contributed by atoms with Gasteiger partial charge >= 0.3 is 12.6 Å². The second-order valence-corrected chi connectivity index (χ2v) is 3.35. The van der Waals surface area contributed by atoms with Gasteiger partial charge in [-0.25, -0.2) is 4.79 Å². The van der Waals surface area contributed by atoms with Crippen LogP contribution in [0, 0.1) is 0 Å². The van der Waals surface area contributed by atoms with Gasteiger partial charge in [-0.1, -0.05) is 24.3 Å². The van der Waals surface area contributed by atoms with Gasteiger partial charge in [-0.15, -0.1) is 0 Å². The molecule has 0 amide bonds. The van der Waals surface area contributed by atoms with Gasteiger partial charge < -0.3 is 14.6 Å². The number of halogens is 2. The van der Waals surface area contributed by atoms with Gasteiger partial charge in [0, 0.05) is 6.08 Å². The molecule has 0 unspecified atom stereocenters. The fourth-order valence-corrected chi connectivity index (χ4v) is 1.29. The Morgan fingerprint density at radius 2 is 2.05 bits per heavy atom. The van der Waals surface area contributed by atoms with E-state index in [4.69, 9.17) is 9.84 Å². The number of rotatable bonds is 6. The number of ether oxygens (including phenoxy) is 2. The lowest BCUT2D eigenvalue weighted by Gasteiger charge is -2.10. The molecule has 4 nitrogen and oxygen atoms in total. The molecule has 0 heterocycles. The van der Waals surface area contributed by atoms with Crippen molar-refractivity contribution in [1.29, 1.82) is 0 Å². The molecule has 0 saturated carbocycles. The lowest BCUT2D eigenvalue weighted by atomic mass is 10.2. The first-order chi connectivity index (χ1) is 9.02. The number of carboxylic acids is 1. The van der Waals surface area contributed by atoms with Crippen molar-refractivity contribution in [3.63, 3.8) is 0 Å². The lowest BCUT2D eigenvalue weighted by Crippen LogP contribution is -2.03. The van der Waals surface area contributed by atoms with E-state index < -0.39 is 12.6 Å². The molecule has 1 rings (SSSR count). The molecule has 0 fully saturated rings. The van der Waals surface area contributed by atoms with Gasteiger partial charge in [-0.3, -0.25) is 0 Å². The summed E-state index contributed by atoms with van der Waals surface area (Å²) >= 11 is 0. The maximum absolute atomic E-state index is 12.2. The minimum atomic E-state index is -2.94. The van der Waals surface area contributed by atoms with Gasteiger partial charge in [-0.05, 0) is 17.7 Å². The SMILES string of the molecule is COc1ccc(C=CC=CC(=O)O)cc1OC(F)F. The highest BCUT2D eigenvalue weighted by Crippen LogP contribution is 2.29. The molecule has 0 aliphatic carbocycles. The number of hydrogen-bond acceptors (Lipinski definition) is 3. The van der Waals surface area contributed by atoms with E-state index in [2.05, 4.69) is 4.74 Å². The van der Waals surface area contributed by atoms with Crippen molar-refractivity contribution < 1.29 is 28.2 Å². The van der Waals surface area contributed by atoms with Crippen molar-refractivity contribution in [3.05, 3.63) is 42.0 Å². The summed E-state index contributed by atoms with van der Waals surface area (Å²) < 4.78 is 33.6. The topological polar surface area (TPSA) is 55.8 Å². The predicted molar refractivity (Wildman–Crippen MR) is 65.4 cm³/mol. The first-order valence-electron chi connectivity index (χ1n) is 5.23. The minimum Gasteiger partial charge on any atom is -0.493 e. The third kappa shape index (κ3) is 5.20. The van der Waals surface area contributed by atoms with Crippen LogP contribution in [0.4, 0.5) is 8.78 Å². The Morgan fingerprint density at radius 3 is 2.63 bits per heavy atom. The van der Waals surface area contributed by atoms with E-state index in [1.165, 1.54) is 31.4 Å². The van der Waals surface area contributed by atoms with E-state index in [0.717, 1.165) is 6.08 Å². The minimum absolute atomic E-state index is 0.0816. The van der Waals surface area contributed by atoms with Crippen molar-refractivity contribution in [2.45, 2.75) is 6.61 Å². The first-order valence-corrected chi connectivity index (χ1v) is 5.23. The molecule has 102 valence electrons. The molecular formula is C13H12F2O4. The summed E-state index contributed by atoms with van der Waals surface area (Å²) in [7, 11) is 1.35. The standard InChI is InChI=1S/C13H12F2O4/c1-18-10-7-6-9(4-2-3-5-12(16)17)8-11(10)19-13(14)15/h2-8,13H,1H3,(H,16,17). The molecule has 0 bridgehead atoms. The summed E-state index contributed by atoms with van der Waals surface area (Å²) in [5.41, 5.74) is 0.575. The van der Waals surface area contributed by atoms with Crippen LogP contribution >= 0.6 is 0 Å². The van der Waals surface area contributed by atoms with Crippen LogP contribution in [-0.4, -0.2) is 24.8 Å². The fourth-order valence-electron chi connectivity index (χ4n) is 1.29. The molecule has 1 aromatic carbocycles. The molecule has 0 aliphatic rings. The second-order valence-electron chi connectivity index (χ2n) is 3.35. The normalized spacial score (nSPS) is 11.4. The van der Waals surface area contributed by atoms with Gasteiger partial charge in [0.15, 0.2) is 11.5 Å². The molecule has 0 radical (unpaired) electrons. The third-order valence-corrected chi connectivity index (χ3v) is 2.04. The van der Waals surface area contributed by atoms with Crippen LogP contribution in [0.3, 0.4) is 0 Å². The average Bonchev–Trinajstić information content (AvgIpc) is 2.34. The zero-order valence-electron chi connectivity index (χ0n) is 10.0. The van der Waals surface area contributed by atoms with Crippen molar-refractivity contribution >= 4 is 12.0 Å². The summed E-state index contributed by atoms with van der Waals surface area (Å²) in [6.45, 7) is -2.94. The molecule has 0 aromatic heterocycles. The molecular weight excluding hydrogens is 258 g/mol. The smallest absolute Gasteiger partial charge is 0.387 e. The Kier molecular flexibility index (Phi) is 5.53. The number of aliphatic carboxylic acids is 1. The maximum atomic E-state index is 12.2. The van der Waals surface area contributed by atoms with Crippen molar-refractivity contribution in [2.75, 3.05) is 7.11 Å². The molecule has 1 N–H and O–H groups in total. The summed E-state index contributed by atoms with van der Waals surface area (Å²) in [4.78, 5) is 10.2. The lowest BCUT2D eigenvalue weighted by molar-refractivity contribution is -0.131. The highest BCUT2D eigenvalue weighted by Gasteiger charge is 2.10. The number of carboxylic acid groups (broad SMARTS) is 1. The van der Waals surface area contributed by atoms with Crippen LogP contribution in [0.1, 0.15) is 5.56 Å². The molecule has 6 heteroatoms. The summed E-state index contributed by atoms with van der Waals surface area (Å²) in [5, 5.41) is 8.38. The Labute approximate surface area is 108 Å². The van der Waals surface area contributed by atoms with Gasteiger partial charge in [-0.2, -0.15) is 8.78 Å². The van der Waals surface area contributed by atoms with Crippen molar-refractivity contribution in [3.8, 4) is 11.5 Å². The molecule has 19 heavy (non-hydrogen) atoms. The Balaban J connectivity index is 2.88. The Bertz CT molecular complexity index is 495. The van der Waals surface area contributed by atoms with Crippen LogP contribution in [0.15, 0.2) is 36.4 Å². The van der Waals surface area contributed by atoms with E-state index in [0.29, 0.717) is 5.56 Å². The number of benzene rings is 1. The number of allylic oxidation sites excluding steroid dienone is 2. The maximum Gasteiger partial charge on any atom is 0.387 e. The number of hydrogen-bond donors (Lipinski definition) is 1. The number of alkyl halides is 2. The van der Waals surface area contributed by atoms with Crippen molar-refractivity contribution in [2.24, 2.45) is 0 Å². The zero-order valence-corrected chi connectivity index (χ0v) is 10.0. The second kappa shape index (κ2) is 7.15. The van der Waals surface area contributed by atoms with Gasteiger partial charge in [0.2, 0.25) is 0 Å². The molecule has 0 atom stereocenters. The van der Waals surface area contributed by atoms with Crippen LogP contribution in [-0.2, 0) is 4.79 Å². The van der Waals surface area contributed by atoms with E-state index in [1.807, 2.05) is 0 Å². The van der Waals surface area contributed by atoms with E-state index in [1.54, 1.807) is 12.1 Å². The highest BCUT2D eigenvalue weighted by atomic mass is 19.3. The van der Waals surface area contributed by atoms with Crippen LogP contribution in [0.2, 0.25) is 0 Å². The molecule has 0 saturated heterocycles. The zero-order chi connectivity index (χ0) is 14.3. The molecule has 0 aliphatic heterocycles. The quantitative estimate of drug-likeness (QED) is 0.637. The summed E-state index contributed by atoms with van der Waals surface area (Å²) in [6.07, 6.45) is 5.30. The largest absolute Gasteiger partial charge is 0.493 e.